The second kappa shape index (κ2) is 7.58. The summed E-state index contributed by atoms with van der Waals surface area (Å²) >= 11 is 0. The van der Waals surface area contributed by atoms with Gasteiger partial charge < -0.3 is 10.4 Å². The molecule has 0 saturated heterocycles. The van der Waals surface area contributed by atoms with Crippen molar-refractivity contribution in [3.63, 3.8) is 0 Å². The molecule has 28 heavy (non-hydrogen) atoms. The first kappa shape index (κ1) is 20.4. The summed E-state index contributed by atoms with van der Waals surface area (Å²) < 4.78 is 42.5. The third-order valence-corrected chi connectivity index (χ3v) is 6.74. The van der Waals surface area contributed by atoms with E-state index in [1.54, 1.807) is 24.3 Å². The number of aromatic nitrogens is 1. The van der Waals surface area contributed by atoms with Crippen LogP contribution in [0.4, 0.5) is 4.39 Å². The maximum atomic E-state index is 14.5. The number of phenolic OH excluding ortho intramolecular Hbond substituents is 1. The minimum absolute atomic E-state index is 0. The van der Waals surface area contributed by atoms with Gasteiger partial charge in [0.25, 0.3) is 10.0 Å². The molecule has 0 radical (unpaired) electrons. The van der Waals surface area contributed by atoms with E-state index in [-0.39, 0.29) is 34.7 Å². The molecule has 148 valence electrons. The Morgan fingerprint density at radius 2 is 1.89 bits per heavy atom. The molecule has 1 atom stereocenters. The average molecular weight is 423 g/mol. The molecule has 0 amide bonds. The second-order valence-corrected chi connectivity index (χ2v) is 8.34. The highest BCUT2D eigenvalue weighted by Gasteiger charge is 2.33. The highest BCUT2D eigenvalue weighted by molar-refractivity contribution is 7.90. The lowest BCUT2D eigenvalue weighted by molar-refractivity contribution is 0.473. The van der Waals surface area contributed by atoms with Crippen molar-refractivity contribution in [2.45, 2.75) is 23.8 Å². The largest absolute Gasteiger partial charge is 0.508 e. The minimum atomic E-state index is -4.01. The normalized spacial score (nSPS) is 15.9. The van der Waals surface area contributed by atoms with Crippen molar-refractivity contribution in [3.05, 3.63) is 71.7 Å². The zero-order valence-corrected chi connectivity index (χ0v) is 16.7. The fraction of sp³-hybridized carbons (Fsp3) is 0.200. The molecular formula is C20H20ClFN2O3S. The quantitative estimate of drug-likeness (QED) is 0.669. The third kappa shape index (κ3) is 3.19. The number of halogens is 2. The van der Waals surface area contributed by atoms with E-state index in [0.29, 0.717) is 17.8 Å². The van der Waals surface area contributed by atoms with Crippen molar-refractivity contribution in [3.8, 4) is 17.0 Å². The van der Waals surface area contributed by atoms with Gasteiger partial charge in [0.2, 0.25) is 0 Å². The smallest absolute Gasteiger partial charge is 0.268 e. The highest BCUT2D eigenvalue weighted by Crippen LogP contribution is 2.40. The van der Waals surface area contributed by atoms with Crippen LogP contribution in [0.15, 0.2) is 59.5 Å². The number of aromatic hydroxyl groups is 1. The molecule has 1 aromatic heterocycles. The van der Waals surface area contributed by atoms with Crippen LogP contribution < -0.4 is 5.32 Å². The van der Waals surface area contributed by atoms with Crippen LogP contribution in [0.25, 0.3) is 11.3 Å². The summed E-state index contributed by atoms with van der Waals surface area (Å²) in [5, 5.41) is 12.9. The standard InChI is InChI=1S/C20H19FN2O3S.ClH/c1-22-18-9-10-19-16(18)12-20(15-7-2-3-8-17(15)21)23(19)27(25,26)14-6-4-5-13(24)11-14;/h2-8,11-12,18,22,24H,9-10H2,1H3;1H. The Hall–Kier alpha value is -2.35. The first-order chi connectivity index (χ1) is 12.9. The van der Waals surface area contributed by atoms with Gasteiger partial charge in [-0.2, -0.15) is 0 Å². The molecule has 4 rings (SSSR count). The molecule has 1 unspecified atom stereocenters. The minimum Gasteiger partial charge on any atom is -0.508 e. The van der Waals surface area contributed by atoms with Gasteiger partial charge in [-0.15, -0.1) is 12.4 Å². The zero-order valence-electron chi connectivity index (χ0n) is 15.1. The molecular weight excluding hydrogens is 403 g/mol. The van der Waals surface area contributed by atoms with Crippen molar-refractivity contribution in [1.29, 1.82) is 0 Å². The number of fused-ring (bicyclic) bond motifs is 1. The number of hydrogen-bond donors (Lipinski definition) is 2. The van der Waals surface area contributed by atoms with Crippen LogP contribution in [-0.2, 0) is 16.4 Å². The van der Waals surface area contributed by atoms with Crippen molar-refractivity contribution >= 4 is 22.4 Å². The predicted octanol–water partition coefficient (Wildman–Crippen LogP) is 3.87. The topological polar surface area (TPSA) is 71.3 Å². The number of hydrogen-bond acceptors (Lipinski definition) is 4. The van der Waals surface area contributed by atoms with E-state index in [9.17, 15) is 17.9 Å². The molecule has 0 aliphatic heterocycles. The Morgan fingerprint density at radius 3 is 2.57 bits per heavy atom. The number of benzene rings is 2. The van der Waals surface area contributed by atoms with Gasteiger partial charge in [0, 0.05) is 23.4 Å². The van der Waals surface area contributed by atoms with E-state index >= 15 is 0 Å². The predicted molar refractivity (Wildman–Crippen MR) is 108 cm³/mol. The van der Waals surface area contributed by atoms with Crippen LogP contribution in [0.2, 0.25) is 0 Å². The maximum absolute atomic E-state index is 14.5. The molecule has 2 N–H and O–H groups in total. The summed E-state index contributed by atoms with van der Waals surface area (Å²) in [5.41, 5.74) is 2.03. The molecule has 0 saturated carbocycles. The summed E-state index contributed by atoms with van der Waals surface area (Å²) in [6.45, 7) is 0. The molecule has 0 bridgehead atoms. The first-order valence-electron chi connectivity index (χ1n) is 8.65. The van der Waals surface area contributed by atoms with E-state index in [2.05, 4.69) is 5.32 Å². The molecule has 0 spiro atoms. The van der Waals surface area contributed by atoms with Crippen molar-refractivity contribution in [2.75, 3.05) is 7.05 Å². The Balaban J connectivity index is 0.00000225. The van der Waals surface area contributed by atoms with E-state index in [1.807, 2.05) is 7.05 Å². The molecule has 0 fully saturated rings. The van der Waals surface area contributed by atoms with Gasteiger partial charge in [-0.25, -0.2) is 16.8 Å². The number of rotatable bonds is 4. The molecule has 5 nitrogen and oxygen atoms in total. The van der Waals surface area contributed by atoms with Gasteiger partial charge >= 0.3 is 0 Å². The van der Waals surface area contributed by atoms with Crippen LogP contribution >= 0.6 is 12.4 Å². The van der Waals surface area contributed by atoms with Crippen LogP contribution in [0, 0.1) is 5.82 Å². The SMILES string of the molecule is CNC1CCc2c1cc(-c1ccccc1F)n2S(=O)(=O)c1cccc(O)c1.Cl. The monoisotopic (exact) mass is 422 g/mol. The van der Waals surface area contributed by atoms with Gasteiger partial charge in [-0.05, 0) is 55.8 Å². The van der Waals surface area contributed by atoms with Gasteiger partial charge in [0.1, 0.15) is 11.6 Å². The van der Waals surface area contributed by atoms with Gasteiger partial charge in [0.15, 0.2) is 0 Å². The maximum Gasteiger partial charge on any atom is 0.268 e. The first-order valence-corrected chi connectivity index (χ1v) is 10.1. The van der Waals surface area contributed by atoms with Gasteiger partial charge in [0.05, 0.1) is 10.6 Å². The summed E-state index contributed by atoms with van der Waals surface area (Å²) in [5.74, 6) is -0.623. The Kier molecular flexibility index (Phi) is 5.52. The third-order valence-electron chi connectivity index (χ3n) is 4.99. The Labute approximate surface area is 169 Å². The van der Waals surface area contributed by atoms with E-state index in [0.717, 1.165) is 12.0 Å². The van der Waals surface area contributed by atoms with Crippen LogP contribution in [0.1, 0.15) is 23.7 Å². The molecule has 1 heterocycles. The van der Waals surface area contributed by atoms with Crippen molar-refractivity contribution < 1.29 is 17.9 Å². The number of nitrogens with zero attached hydrogens (tertiary/aromatic N) is 1. The summed E-state index contributed by atoms with van der Waals surface area (Å²) in [6.07, 6.45) is 1.33. The molecule has 1 aliphatic carbocycles. The Bertz CT molecular complexity index is 1130. The number of nitrogens with one attached hydrogen (secondary N) is 1. The van der Waals surface area contributed by atoms with E-state index < -0.39 is 15.8 Å². The van der Waals surface area contributed by atoms with Crippen LogP contribution in [0.3, 0.4) is 0 Å². The van der Waals surface area contributed by atoms with Gasteiger partial charge in [-0.1, -0.05) is 18.2 Å². The lowest BCUT2D eigenvalue weighted by atomic mass is 10.1. The second-order valence-electron chi connectivity index (χ2n) is 6.56. The fourth-order valence-electron chi connectivity index (χ4n) is 3.72. The lowest BCUT2D eigenvalue weighted by Crippen LogP contribution is -2.17. The summed E-state index contributed by atoms with van der Waals surface area (Å²) in [4.78, 5) is -0.0357. The molecule has 2 aromatic carbocycles. The average Bonchev–Trinajstić information content (AvgIpc) is 3.20. The fourth-order valence-corrected chi connectivity index (χ4v) is 5.34. The van der Waals surface area contributed by atoms with Crippen LogP contribution in [0.5, 0.6) is 5.75 Å². The highest BCUT2D eigenvalue weighted by atomic mass is 35.5. The van der Waals surface area contributed by atoms with Crippen molar-refractivity contribution in [1.82, 2.24) is 9.29 Å². The molecule has 8 heteroatoms. The van der Waals surface area contributed by atoms with Crippen LogP contribution in [-0.4, -0.2) is 24.5 Å². The molecule has 3 aromatic rings. The summed E-state index contributed by atoms with van der Waals surface area (Å²) in [6, 6.07) is 13.4. The lowest BCUT2D eigenvalue weighted by Gasteiger charge is -2.14. The number of phenols is 1. The zero-order chi connectivity index (χ0) is 19.2. The summed E-state index contributed by atoms with van der Waals surface area (Å²) in [7, 11) is -2.19. The van der Waals surface area contributed by atoms with Crippen molar-refractivity contribution in [2.24, 2.45) is 0 Å². The Morgan fingerprint density at radius 1 is 1.14 bits per heavy atom. The van der Waals surface area contributed by atoms with Gasteiger partial charge in [-0.3, -0.25) is 0 Å². The molecule has 1 aliphatic rings. The van der Waals surface area contributed by atoms with E-state index in [1.165, 1.54) is 34.3 Å². The van der Waals surface area contributed by atoms with E-state index in [4.69, 9.17) is 0 Å².